The van der Waals surface area contributed by atoms with Crippen molar-refractivity contribution in [3.63, 3.8) is 0 Å². The molecular formula is C17H19N3O. The monoisotopic (exact) mass is 281 g/mol. The molecule has 21 heavy (non-hydrogen) atoms. The normalized spacial score (nSPS) is 13.8. The molecule has 1 fully saturated rings. The van der Waals surface area contributed by atoms with E-state index in [2.05, 4.69) is 47.7 Å². The zero-order valence-corrected chi connectivity index (χ0v) is 12.3. The minimum absolute atomic E-state index is 0.104. The van der Waals surface area contributed by atoms with E-state index in [1.807, 2.05) is 12.1 Å². The van der Waals surface area contributed by atoms with E-state index < -0.39 is 0 Å². The van der Waals surface area contributed by atoms with E-state index in [1.165, 1.54) is 11.1 Å². The van der Waals surface area contributed by atoms with E-state index in [9.17, 15) is 4.79 Å². The van der Waals surface area contributed by atoms with Crippen LogP contribution in [0.15, 0.2) is 36.5 Å². The Bertz CT molecular complexity index is 660. The van der Waals surface area contributed by atoms with Crippen LogP contribution in [0.1, 0.15) is 24.0 Å². The molecule has 0 saturated heterocycles. The number of nitrogens with zero attached hydrogens (tertiary/aromatic N) is 1. The van der Waals surface area contributed by atoms with Crippen molar-refractivity contribution in [3.8, 4) is 0 Å². The van der Waals surface area contributed by atoms with Crippen LogP contribution in [-0.4, -0.2) is 10.9 Å². The molecule has 4 heteroatoms. The minimum atomic E-state index is 0.104. The van der Waals surface area contributed by atoms with Crippen molar-refractivity contribution in [2.45, 2.75) is 26.7 Å². The van der Waals surface area contributed by atoms with Gasteiger partial charge in [-0.15, -0.1) is 0 Å². The highest BCUT2D eigenvalue weighted by atomic mass is 16.2. The van der Waals surface area contributed by atoms with E-state index in [4.69, 9.17) is 0 Å². The number of aromatic nitrogens is 1. The van der Waals surface area contributed by atoms with Gasteiger partial charge >= 0.3 is 0 Å². The summed E-state index contributed by atoms with van der Waals surface area (Å²) in [5.41, 5.74) is 4.18. The van der Waals surface area contributed by atoms with E-state index >= 15 is 0 Å². The lowest BCUT2D eigenvalue weighted by Gasteiger charge is -2.10. The largest absolute Gasteiger partial charge is 0.340 e. The van der Waals surface area contributed by atoms with Crippen molar-refractivity contribution in [1.29, 1.82) is 0 Å². The molecule has 1 aliphatic rings. The van der Waals surface area contributed by atoms with Gasteiger partial charge in [0.05, 0.1) is 11.9 Å². The molecule has 1 saturated carbocycles. The summed E-state index contributed by atoms with van der Waals surface area (Å²) in [6, 6.07) is 10.0. The molecule has 1 amide bonds. The standard InChI is InChI=1S/C17H19N3O/c1-11-3-4-12(2)15(9-11)20-16-8-7-14(10-18-16)19-17(21)13-5-6-13/h3-4,7-10,13H,5-6H2,1-2H3,(H,18,20)(H,19,21). The Morgan fingerprint density at radius 2 is 2.00 bits per heavy atom. The molecule has 3 rings (SSSR count). The molecular weight excluding hydrogens is 262 g/mol. The number of aryl methyl sites for hydroxylation is 2. The molecule has 1 aromatic heterocycles. The number of hydrogen-bond acceptors (Lipinski definition) is 3. The van der Waals surface area contributed by atoms with Crippen LogP contribution in [0.5, 0.6) is 0 Å². The third-order valence-corrected chi connectivity index (χ3v) is 3.63. The molecule has 0 atom stereocenters. The third kappa shape index (κ3) is 3.40. The molecule has 4 nitrogen and oxygen atoms in total. The Labute approximate surface area is 124 Å². The Balaban J connectivity index is 1.68. The highest BCUT2D eigenvalue weighted by molar-refractivity contribution is 5.93. The molecule has 0 bridgehead atoms. The Morgan fingerprint density at radius 1 is 1.19 bits per heavy atom. The van der Waals surface area contributed by atoms with Crippen molar-refractivity contribution in [3.05, 3.63) is 47.7 Å². The number of benzene rings is 1. The highest BCUT2D eigenvalue weighted by Crippen LogP contribution is 2.30. The molecule has 0 unspecified atom stereocenters. The van der Waals surface area contributed by atoms with Gasteiger partial charge < -0.3 is 10.6 Å². The maximum atomic E-state index is 11.7. The molecule has 0 radical (unpaired) electrons. The van der Waals surface area contributed by atoms with Crippen molar-refractivity contribution < 1.29 is 4.79 Å². The number of pyridine rings is 1. The van der Waals surface area contributed by atoms with E-state index in [0.29, 0.717) is 0 Å². The van der Waals surface area contributed by atoms with Crippen molar-refractivity contribution >= 4 is 23.1 Å². The van der Waals surface area contributed by atoms with Gasteiger partial charge in [0, 0.05) is 11.6 Å². The number of nitrogens with one attached hydrogen (secondary N) is 2. The first-order valence-corrected chi connectivity index (χ1v) is 7.23. The van der Waals surface area contributed by atoms with Gasteiger partial charge in [0.15, 0.2) is 0 Å². The number of anilines is 3. The lowest BCUT2D eigenvalue weighted by molar-refractivity contribution is -0.117. The molecule has 0 spiro atoms. The van der Waals surface area contributed by atoms with Gasteiger partial charge in [-0.1, -0.05) is 12.1 Å². The van der Waals surface area contributed by atoms with Crippen LogP contribution in [0, 0.1) is 19.8 Å². The quantitative estimate of drug-likeness (QED) is 0.896. The Kier molecular flexibility index (Phi) is 3.60. The topological polar surface area (TPSA) is 54.0 Å². The van der Waals surface area contributed by atoms with Crippen LogP contribution in [-0.2, 0) is 4.79 Å². The van der Waals surface area contributed by atoms with Crippen LogP contribution >= 0.6 is 0 Å². The summed E-state index contributed by atoms with van der Waals surface area (Å²) in [4.78, 5) is 16.0. The average molecular weight is 281 g/mol. The van der Waals surface area contributed by atoms with Gasteiger partial charge in [-0.3, -0.25) is 4.79 Å². The minimum Gasteiger partial charge on any atom is -0.340 e. The lowest BCUT2D eigenvalue weighted by atomic mass is 10.1. The summed E-state index contributed by atoms with van der Waals surface area (Å²) in [6.07, 6.45) is 3.70. The number of rotatable bonds is 4. The van der Waals surface area contributed by atoms with Crippen LogP contribution in [0.4, 0.5) is 17.2 Å². The summed E-state index contributed by atoms with van der Waals surface area (Å²) < 4.78 is 0. The fourth-order valence-corrected chi connectivity index (χ4v) is 2.14. The first kappa shape index (κ1) is 13.6. The number of carbonyl (C=O) groups excluding carboxylic acids is 1. The Hall–Kier alpha value is -2.36. The lowest BCUT2D eigenvalue weighted by Crippen LogP contribution is -2.13. The highest BCUT2D eigenvalue weighted by Gasteiger charge is 2.29. The van der Waals surface area contributed by atoms with Gasteiger partial charge in [0.25, 0.3) is 0 Å². The second-order valence-electron chi connectivity index (χ2n) is 5.64. The zero-order valence-electron chi connectivity index (χ0n) is 12.3. The second kappa shape index (κ2) is 5.56. The molecule has 0 aliphatic heterocycles. The molecule has 1 heterocycles. The van der Waals surface area contributed by atoms with Crippen LogP contribution < -0.4 is 10.6 Å². The van der Waals surface area contributed by atoms with Crippen molar-refractivity contribution in [2.24, 2.45) is 5.92 Å². The van der Waals surface area contributed by atoms with Crippen molar-refractivity contribution in [1.82, 2.24) is 4.98 Å². The predicted molar refractivity (Wildman–Crippen MR) is 84.8 cm³/mol. The summed E-state index contributed by atoms with van der Waals surface area (Å²) in [7, 11) is 0. The molecule has 1 aliphatic carbocycles. The molecule has 108 valence electrons. The second-order valence-corrected chi connectivity index (χ2v) is 5.64. The maximum Gasteiger partial charge on any atom is 0.227 e. The van der Waals surface area contributed by atoms with Gasteiger partial charge in [-0.2, -0.15) is 0 Å². The van der Waals surface area contributed by atoms with E-state index in [1.54, 1.807) is 6.20 Å². The summed E-state index contributed by atoms with van der Waals surface area (Å²) in [5.74, 6) is 1.08. The summed E-state index contributed by atoms with van der Waals surface area (Å²) in [6.45, 7) is 4.13. The first-order valence-electron chi connectivity index (χ1n) is 7.23. The van der Waals surface area contributed by atoms with E-state index in [0.717, 1.165) is 30.0 Å². The predicted octanol–water partition coefficient (Wildman–Crippen LogP) is 3.79. The van der Waals surface area contributed by atoms with E-state index in [-0.39, 0.29) is 11.8 Å². The van der Waals surface area contributed by atoms with Crippen LogP contribution in [0.2, 0.25) is 0 Å². The summed E-state index contributed by atoms with van der Waals surface area (Å²) >= 11 is 0. The van der Waals surface area contributed by atoms with Crippen LogP contribution in [0.3, 0.4) is 0 Å². The SMILES string of the molecule is Cc1ccc(C)c(Nc2ccc(NC(=O)C3CC3)cn2)c1. The molecule has 2 N–H and O–H groups in total. The number of amides is 1. The summed E-state index contributed by atoms with van der Waals surface area (Å²) in [5, 5.41) is 6.19. The zero-order chi connectivity index (χ0) is 14.8. The fourth-order valence-electron chi connectivity index (χ4n) is 2.14. The number of hydrogen-bond donors (Lipinski definition) is 2. The van der Waals surface area contributed by atoms with Gasteiger partial charge in [-0.25, -0.2) is 4.98 Å². The maximum absolute atomic E-state index is 11.7. The molecule has 1 aromatic carbocycles. The van der Waals surface area contributed by atoms with Gasteiger partial charge in [0.2, 0.25) is 5.91 Å². The Morgan fingerprint density at radius 3 is 2.67 bits per heavy atom. The molecule has 2 aromatic rings. The third-order valence-electron chi connectivity index (χ3n) is 3.63. The van der Waals surface area contributed by atoms with Gasteiger partial charge in [-0.05, 0) is 56.0 Å². The number of carbonyl (C=O) groups is 1. The van der Waals surface area contributed by atoms with Gasteiger partial charge in [0.1, 0.15) is 5.82 Å². The first-order chi connectivity index (χ1) is 10.1. The van der Waals surface area contributed by atoms with Crippen LogP contribution in [0.25, 0.3) is 0 Å². The smallest absolute Gasteiger partial charge is 0.227 e. The fraction of sp³-hybridized carbons (Fsp3) is 0.294. The average Bonchev–Trinajstić information content (AvgIpc) is 3.29. The van der Waals surface area contributed by atoms with Crippen molar-refractivity contribution in [2.75, 3.05) is 10.6 Å².